The van der Waals surface area contributed by atoms with E-state index in [4.69, 9.17) is 0 Å². The normalized spacial score (nSPS) is 32.4. The van der Waals surface area contributed by atoms with Crippen molar-refractivity contribution in [3.63, 3.8) is 0 Å². The maximum absolute atomic E-state index is 11.5. The molecule has 16 heavy (non-hydrogen) atoms. The van der Waals surface area contributed by atoms with Crippen LogP contribution >= 0.6 is 0 Å². The summed E-state index contributed by atoms with van der Waals surface area (Å²) in [5.74, 6) is 1.14. The third-order valence-corrected chi connectivity index (χ3v) is 4.03. The zero-order chi connectivity index (χ0) is 11.5. The lowest BCUT2D eigenvalue weighted by atomic mass is 10.1. The lowest BCUT2D eigenvalue weighted by Crippen LogP contribution is -2.45. The smallest absolute Gasteiger partial charge is 0.222 e. The number of likely N-dealkylation sites (tertiary alicyclic amines) is 1. The van der Waals surface area contributed by atoms with Crippen LogP contribution in [0.1, 0.15) is 46.0 Å². The number of amides is 1. The molecule has 1 amide bonds. The molecule has 2 fully saturated rings. The number of hydrogen-bond donors (Lipinski definition) is 1. The van der Waals surface area contributed by atoms with Crippen molar-refractivity contribution >= 4 is 5.91 Å². The summed E-state index contributed by atoms with van der Waals surface area (Å²) < 4.78 is 0. The number of nitrogens with one attached hydrogen (secondary N) is 1. The molecule has 2 rings (SSSR count). The molecule has 0 spiro atoms. The van der Waals surface area contributed by atoms with Crippen molar-refractivity contribution in [2.45, 2.75) is 58.0 Å². The Bertz CT molecular complexity index is 254. The Morgan fingerprint density at radius 2 is 2.25 bits per heavy atom. The van der Waals surface area contributed by atoms with Crippen molar-refractivity contribution in [1.82, 2.24) is 10.2 Å². The van der Waals surface area contributed by atoms with Gasteiger partial charge in [0.05, 0.1) is 0 Å². The molecule has 1 saturated carbocycles. The zero-order valence-corrected chi connectivity index (χ0v) is 10.5. The number of rotatable bonds is 4. The second-order valence-corrected chi connectivity index (χ2v) is 5.53. The lowest BCUT2D eigenvalue weighted by Gasteiger charge is -2.26. The fraction of sp³-hybridized carbons (Fsp3) is 0.923. The second-order valence-electron chi connectivity index (χ2n) is 5.53. The van der Waals surface area contributed by atoms with Crippen molar-refractivity contribution in [3.8, 4) is 0 Å². The van der Waals surface area contributed by atoms with Crippen LogP contribution in [0.2, 0.25) is 0 Å². The third-order valence-electron chi connectivity index (χ3n) is 4.03. The third kappa shape index (κ3) is 2.76. The van der Waals surface area contributed by atoms with Crippen molar-refractivity contribution in [2.75, 3.05) is 13.1 Å². The van der Waals surface area contributed by atoms with E-state index in [9.17, 15) is 4.79 Å². The van der Waals surface area contributed by atoms with Crippen LogP contribution in [0.15, 0.2) is 0 Å². The summed E-state index contributed by atoms with van der Waals surface area (Å²) >= 11 is 0. The van der Waals surface area contributed by atoms with Crippen molar-refractivity contribution in [1.29, 1.82) is 0 Å². The maximum atomic E-state index is 11.5. The van der Waals surface area contributed by atoms with E-state index in [-0.39, 0.29) is 0 Å². The quantitative estimate of drug-likeness (QED) is 0.789. The number of nitrogens with zero attached hydrogens (tertiary/aromatic N) is 1. The molecule has 0 aromatic carbocycles. The summed E-state index contributed by atoms with van der Waals surface area (Å²) in [6.45, 7) is 6.39. The summed E-state index contributed by atoms with van der Waals surface area (Å²) in [5.41, 5.74) is 0. The van der Waals surface area contributed by atoms with E-state index >= 15 is 0 Å². The lowest BCUT2D eigenvalue weighted by molar-refractivity contribution is -0.128. The van der Waals surface area contributed by atoms with Gasteiger partial charge in [0, 0.05) is 31.6 Å². The van der Waals surface area contributed by atoms with E-state index in [0.717, 1.165) is 31.8 Å². The highest BCUT2D eigenvalue weighted by Gasteiger charge is 2.26. The van der Waals surface area contributed by atoms with Gasteiger partial charge in [-0.3, -0.25) is 4.79 Å². The minimum absolute atomic E-state index is 0.341. The van der Waals surface area contributed by atoms with Gasteiger partial charge in [-0.2, -0.15) is 0 Å². The molecule has 0 aromatic heterocycles. The van der Waals surface area contributed by atoms with Gasteiger partial charge in [-0.05, 0) is 32.1 Å². The van der Waals surface area contributed by atoms with Crippen LogP contribution in [-0.2, 0) is 4.79 Å². The van der Waals surface area contributed by atoms with E-state index in [0.29, 0.717) is 18.0 Å². The first-order valence-electron chi connectivity index (χ1n) is 6.70. The molecule has 1 saturated heterocycles. The monoisotopic (exact) mass is 224 g/mol. The van der Waals surface area contributed by atoms with E-state index in [1.54, 1.807) is 0 Å². The summed E-state index contributed by atoms with van der Waals surface area (Å²) in [6, 6.07) is 1.11. The molecule has 3 atom stereocenters. The Morgan fingerprint density at radius 1 is 1.44 bits per heavy atom. The molecule has 0 aromatic rings. The Kier molecular flexibility index (Phi) is 3.85. The van der Waals surface area contributed by atoms with Crippen molar-refractivity contribution < 1.29 is 4.79 Å². The summed E-state index contributed by atoms with van der Waals surface area (Å²) in [5, 5.41) is 3.68. The molecule has 1 heterocycles. The van der Waals surface area contributed by atoms with Crippen LogP contribution in [0.5, 0.6) is 0 Å². The molecule has 3 unspecified atom stereocenters. The van der Waals surface area contributed by atoms with Crippen LogP contribution in [0, 0.1) is 5.92 Å². The molecule has 92 valence electrons. The van der Waals surface area contributed by atoms with Crippen LogP contribution in [0.3, 0.4) is 0 Å². The van der Waals surface area contributed by atoms with Gasteiger partial charge in [-0.1, -0.05) is 13.3 Å². The number of carbonyl (C=O) groups is 1. The first-order chi connectivity index (χ1) is 7.66. The van der Waals surface area contributed by atoms with Gasteiger partial charge in [0.1, 0.15) is 0 Å². The fourth-order valence-electron chi connectivity index (χ4n) is 3.04. The molecule has 3 heteroatoms. The first kappa shape index (κ1) is 11.9. The van der Waals surface area contributed by atoms with Gasteiger partial charge in [0.15, 0.2) is 0 Å². The van der Waals surface area contributed by atoms with Crippen LogP contribution in [0.4, 0.5) is 0 Å². The SMILES string of the molecule is CC(CN1CCCC1=O)NC1CCCC1C. The summed E-state index contributed by atoms with van der Waals surface area (Å²) in [4.78, 5) is 13.5. The van der Waals surface area contributed by atoms with Crippen molar-refractivity contribution in [2.24, 2.45) is 5.92 Å². The van der Waals surface area contributed by atoms with E-state index in [1.165, 1.54) is 19.3 Å². The molecule has 1 N–H and O–H groups in total. The fourth-order valence-corrected chi connectivity index (χ4v) is 3.04. The predicted octanol–water partition coefficient (Wildman–Crippen LogP) is 1.78. The van der Waals surface area contributed by atoms with Gasteiger partial charge in [-0.15, -0.1) is 0 Å². The molecule has 1 aliphatic heterocycles. The van der Waals surface area contributed by atoms with Crippen LogP contribution < -0.4 is 5.32 Å². The highest BCUT2D eigenvalue weighted by molar-refractivity contribution is 5.78. The molecule has 3 nitrogen and oxygen atoms in total. The first-order valence-corrected chi connectivity index (χ1v) is 6.70. The van der Waals surface area contributed by atoms with Gasteiger partial charge in [-0.25, -0.2) is 0 Å². The van der Waals surface area contributed by atoms with E-state index in [2.05, 4.69) is 19.2 Å². The summed E-state index contributed by atoms with van der Waals surface area (Å²) in [7, 11) is 0. The maximum Gasteiger partial charge on any atom is 0.222 e. The van der Waals surface area contributed by atoms with Gasteiger partial charge < -0.3 is 10.2 Å². The van der Waals surface area contributed by atoms with Gasteiger partial charge in [0.25, 0.3) is 0 Å². The number of carbonyl (C=O) groups excluding carboxylic acids is 1. The summed E-state index contributed by atoms with van der Waals surface area (Å²) in [6.07, 6.45) is 5.82. The molecular weight excluding hydrogens is 200 g/mol. The van der Waals surface area contributed by atoms with Crippen LogP contribution in [0.25, 0.3) is 0 Å². The highest BCUT2D eigenvalue weighted by atomic mass is 16.2. The van der Waals surface area contributed by atoms with E-state index < -0.39 is 0 Å². The van der Waals surface area contributed by atoms with E-state index in [1.807, 2.05) is 4.90 Å². The zero-order valence-electron chi connectivity index (χ0n) is 10.5. The molecule has 0 bridgehead atoms. The Labute approximate surface area is 98.6 Å². The predicted molar refractivity (Wildman–Crippen MR) is 65.2 cm³/mol. The molecular formula is C13H24N2O. The Morgan fingerprint density at radius 3 is 2.81 bits per heavy atom. The minimum Gasteiger partial charge on any atom is -0.341 e. The second kappa shape index (κ2) is 5.17. The standard InChI is InChI=1S/C13H24N2O/c1-10-5-3-6-12(10)14-11(2)9-15-8-4-7-13(15)16/h10-12,14H,3-9H2,1-2H3. The molecule has 0 radical (unpaired) electrons. The van der Waals surface area contributed by atoms with Crippen molar-refractivity contribution in [3.05, 3.63) is 0 Å². The average molecular weight is 224 g/mol. The minimum atomic E-state index is 0.341. The largest absolute Gasteiger partial charge is 0.341 e. The molecule has 1 aliphatic carbocycles. The highest BCUT2D eigenvalue weighted by Crippen LogP contribution is 2.25. The molecule has 2 aliphatic rings. The Balaban J connectivity index is 1.75. The van der Waals surface area contributed by atoms with Crippen LogP contribution in [-0.4, -0.2) is 36.0 Å². The average Bonchev–Trinajstić information content (AvgIpc) is 2.79. The van der Waals surface area contributed by atoms with Gasteiger partial charge in [0.2, 0.25) is 5.91 Å². The van der Waals surface area contributed by atoms with Gasteiger partial charge >= 0.3 is 0 Å². The topological polar surface area (TPSA) is 32.3 Å². The Hall–Kier alpha value is -0.570. The number of hydrogen-bond acceptors (Lipinski definition) is 2.